The lowest BCUT2D eigenvalue weighted by Gasteiger charge is -2.37. The number of nitrogens with zero attached hydrogens (tertiary/aromatic N) is 3. The van der Waals surface area contributed by atoms with Crippen molar-refractivity contribution in [3.63, 3.8) is 0 Å². The summed E-state index contributed by atoms with van der Waals surface area (Å²) in [6.07, 6.45) is 16.4. The van der Waals surface area contributed by atoms with E-state index in [1.807, 2.05) is 10.8 Å². The van der Waals surface area contributed by atoms with E-state index >= 15 is 0 Å². The van der Waals surface area contributed by atoms with Gasteiger partial charge in [-0.25, -0.2) is 4.98 Å². The van der Waals surface area contributed by atoms with Crippen LogP contribution in [0.4, 0.5) is 0 Å². The number of carbonyl (C=O) groups is 1. The zero-order chi connectivity index (χ0) is 16.0. The predicted octanol–water partition coefficient (Wildman–Crippen LogP) is 2.84. The van der Waals surface area contributed by atoms with Crippen LogP contribution in [0, 0.1) is 5.41 Å². The van der Waals surface area contributed by atoms with E-state index in [2.05, 4.69) is 39.4 Å². The number of aromatic nitrogens is 3. The van der Waals surface area contributed by atoms with Crippen molar-refractivity contribution in [1.82, 2.24) is 19.4 Å². The Morgan fingerprint density at radius 3 is 2.57 bits per heavy atom. The van der Waals surface area contributed by atoms with E-state index in [1.165, 1.54) is 19.3 Å². The smallest absolute Gasteiger partial charge is 0.220 e. The summed E-state index contributed by atoms with van der Waals surface area (Å²) in [4.78, 5) is 16.4. The van der Waals surface area contributed by atoms with Gasteiger partial charge in [0.2, 0.25) is 5.91 Å². The minimum Gasteiger partial charge on any atom is -0.354 e. The lowest BCUT2D eigenvalue weighted by Crippen LogP contribution is -2.37. The van der Waals surface area contributed by atoms with Crippen LogP contribution in [0.25, 0.3) is 0 Å². The highest BCUT2D eigenvalue weighted by molar-refractivity contribution is 5.76. The molecule has 2 aromatic rings. The minimum atomic E-state index is 0.121. The van der Waals surface area contributed by atoms with Gasteiger partial charge < -0.3 is 14.5 Å². The molecule has 0 unspecified atom stereocenters. The summed E-state index contributed by atoms with van der Waals surface area (Å²) in [5.41, 5.74) is 0.121. The van der Waals surface area contributed by atoms with Crippen LogP contribution in [0.15, 0.2) is 43.2 Å². The molecule has 0 atom stereocenters. The molecule has 0 aromatic carbocycles. The van der Waals surface area contributed by atoms with Crippen molar-refractivity contribution in [2.24, 2.45) is 5.41 Å². The molecule has 5 nitrogen and oxygen atoms in total. The summed E-state index contributed by atoms with van der Waals surface area (Å²) >= 11 is 0. The van der Waals surface area contributed by atoms with Gasteiger partial charge in [0.05, 0.1) is 6.33 Å². The Morgan fingerprint density at radius 1 is 1.09 bits per heavy atom. The van der Waals surface area contributed by atoms with E-state index < -0.39 is 0 Å². The summed E-state index contributed by atoms with van der Waals surface area (Å²) in [6.45, 7) is 2.39. The summed E-state index contributed by atoms with van der Waals surface area (Å²) in [5.74, 6) is 0.180. The van der Waals surface area contributed by atoms with E-state index in [0.717, 1.165) is 25.9 Å². The number of rotatable bonds is 7. The molecular weight excluding hydrogens is 288 g/mol. The molecule has 1 fully saturated rings. The van der Waals surface area contributed by atoms with Crippen molar-refractivity contribution in [3.8, 4) is 0 Å². The average molecular weight is 314 g/mol. The standard InChI is InChI=1S/C18H26N4O/c23-17(20-9-13-22-12-8-19-16-22)14-18(6-2-1-3-7-18)15-21-10-4-5-11-21/h4-5,8,10-12,16H,1-3,6-7,9,13-15H2,(H,20,23). The Balaban J connectivity index is 1.53. The molecule has 1 amide bonds. The molecule has 1 aliphatic rings. The van der Waals surface area contributed by atoms with Crippen LogP contribution in [-0.4, -0.2) is 26.6 Å². The first-order chi connectivity index (χ1) is 11.3. The Hall–Kier alpha value is -2.04. The van der Waals surface area contributed by atoms with Gasteiger partial charge >= 0.3 is 0 Å². The second-order valence-electron chi connectivity index (χ2n) is 6.74. The van der Waals surface area contributed by atoms with E-state index in [1.54, 1.807) is 12.5 Å². The normalized spacial score (nSPS) is 17.0. The van der Waals surface area contributed by atoms with Crippen molar-refractivity contribution in [1.29, 1.82) is 0 Å². The third-order valence-corrected chi connectivity index (χ3v) is 4.89. The maximum Gasteiger partial charge on any atom is 0.220 e. The highest BCUT2D eigenvalue weighted by atomic mass is 16.1. The molecule has 1 N–H and O–H groups in total. The lowest BCUT2D eigenvalue weighted by atomic mass is 9.71. The third kappa shape index (κ3) is 4.47. The van der Waals surface area contributed by atoms with Gasteiger partial charge in [-0.05, 0) is 30.4 Å². The first kappa shape index (κ1) is 15.8. The fourth-order valence-corrected chi connectivity index (χ4v) is 3.70. The van der Waals surface area contributed by atoms with Gasteiger partial charge in [0.15, 0.2) is 0 Å². The van der Waals surface area contributed by atoms with E-state index in [9.17, 15) is 4.79 Å². The average Bonchev–Trinajstić information content (AvgIpc) is 3.21. The van der Waals surface area contributed by atoms with Gasteiger partial charge in [-0.1, -0.05) is 19.3 Å². The Kier molecular flexibility index (Phi) is 5.16. The first-order valence-corrected chi connectivity index (χ1v) is 8.59. The minimum absolute atomic E-state index is 0.121. The van der Waals surface area contributed by atoms with Crippen molar-refractivity contribution in [2.45, 2.75) is 51.6 Å². The fourth-order valence-electron chi connectivity index (χ4n) is 3.70. The monoisotopic (exact) mass is 314 g/mol. The number of nitrogens with one attached hydrogen (secondary N) is 1. The topological polar surface area (TPSA) is 51.9 Å². The molecule has 1 aliphatic carbocycles. The molecule has 2 aromatic heterocycles. The quantitative estimate of drug-likeness (QED) is 0.854. The lowest BCUT2D eigenvalue weighted by molar-refractivity contribution is -0.124. The molecule has 0 saturated heterocycles. The van der Waals surface area contributed by atoms with Crippen LogP contribution >= 0.6 is 0 Å². The first-order valence-electron chi connectivity index (χ1n) is 8.59. The molecule has 0 radical (unpaired) electrons. The van der Waals surface area contributed by atoms with E-state index in [4.69, 9.17) is 0 Å². The number of amides is 1. The fraction of sp³-hybridized carbons (Fsp3) is 0.556. The molecule has 1 saturated carbocycles. The summed E-state index contributed by atoms with van der Waals surface area (Å²) in [5, 5.41) is 3.08. The van der Waals surface area contributed by atoms with Gasteiger partial charge in [0, 0.05) is 50.8 Å². The Labute approximate surface area is 137 Å². The number of imidazole rings is 1. The van der Waals surface area contributed by atoms with Crippen LogP contribution in [0.2, 0.25) is 0 Å². The van der Waals surface area contributed by atoms with Gasteiger partial charge in [-0.3, -0.25) is 4.79 Å². The Morgan fingerprint density at radius 2 is 1.87 bits per heavy atom. The summed E-state index contributed by atoms with van der Waals surface area (Å²) in [7, 11) is 0. The zero-order valence-electron chi connectivity index (χ0n) is 13.7. The van der Waals surface area contributed by atoms with Crippen LogP contribution in [-0.2, 0) is 17.9 Å². The van der Waals surface area contributed by atoms with Crippen LogP contribution in [0.3, 0.4) is 0 Å². The van der Waals surface area contributed by atoms with Crippen molar-refractivity contribution in [2.75, 3.05) is 6.54 Å². The SMILES string of the molecule is O=C(CC1(Cn2cccc2)CCCCC1)NCCn1ccnc1. The highest BCUT2D eigenvalue weighted by Crippen LogP contribution is 2.40. The maximum atomic E-state index is 12.4. The molecule has 124 valence electrons. The number of hydrogen-bond acceptors (Lipinski definition) is 2. The third-order valence-electron chi connectivity index (χ3n) is 4.89. The summed E-state index contributed by atoms with van der Waals surface area (Å²) < 4.78 is 4.21. The van der Waals surface area contributed by atoms with Crippen molar-refractivity contribution >= 4 is 5.91 Å². The molecule has 2 heterocycles. The predicted molar refractivity (Wildman–Crippen MR) is 89.8 cm³/mol. The largest absolute Gasteiger partial charge is 0.354 e. The number of carbonyl (C=O) groups excluding carboxylic acids is 1. The number of hydrogen-bond donors (Lipinski definition) is 1. The van der Waals surface area contributed by atoms with Crippen LogP contribution in [0.5, 0.6) is 0 Å². The molecule has 23 heavy (non-hydrogen) atoms. The van der Waals surface area contributed by atoms with Crippen LogP contribution in [0.1, 0.15) is 38.5 Å². The van der Waals surface area contributed by atoms with Crippen molar-refractivity contribution < 1.29 is 4.79 Å². The molecule has 0 bridgehead atoms. The van der Waals surface area contributed by atoms with E-state index in [-0.39, 0.29) is 11.3 Å². The maximum absolute atomic E-state index is 12.4. The van der Waals surface area contributed by atoms with Gasteiger partial charge in [-0.15, -0.1) is 0 Å². The highest BCUT2D eigenvalue weighted by Gasteiger charge is 2.34. The molecule has 5 heteroatoms. The molecular formula is C18H26N4O. The van der Waals surface area contributed by atoms with Gasteiger partial charge in [0.1, 0.15) is 0 Å². The second kappa shape index (κ2) is 7.49. The van der Waals surface area contributed by atoms with E-state index in [0.29, 0.717) is 13.0 Å². The zero-order valence-corrected chi connectivity index (χ0v) is 13.7. The molecule has 0 spiro atoms. The molecule has 0 aliphatic heterocycles. The van der Waals surface area contributed by atoms with Gasteiger partial charge in [0.25, 0.3) is 0 Å². The van der Waals surface area contributed by atoms with Crippen molar-refractivity contribution in [3.05, 3.63) is 43.2 Å². The second-order valence-corrected chi connectivity index (χ2v) is 6.74. The van der Waals surface area contributed by atoms with Gasteiger partial charge in [-0.2, -0.15) is 0 Å². The van der Waals surface area contributed by atoms with Crippen LogP contribution < -0.4 is 5.32 Å². The Bertz CT molecular complexity index is 583. The molecule has 3 rings (SSSR count). The summed E-state index contributed by atoms with van der Waals surface area (Å²) in [6, 6.07) is 4.11.